The summed E-state index contributed by atoms with van der Waals surface area (Å²) in [5.74, 6) is 0.959. The molecule has 0 aliphatic heterocycles. The largest absolute Gasteiger partial charge is 0.496 e. The number of hydrogen-bond donors (Lipinski definition) is 0. The number of thioether (sulfide) groups is 1. The highest BCUT2D eigenvalue weighted by molar-refractivity contribution is 7.98. The van der Waals surface area contributed by atoms with Crippen LogP contribution >= 0.6 is 11.8 Å². The zero-order valence-electron chi connectivity index (χ0n) is 9.52. The van der Waals surface area contributed by atoms with Crippen molar-refractivity contribution in [1.29, 1.82) is 0 Å². The van der Waals surface area contributed by atoms with Gasteiger partial charge in [-0.2, -0.15) is 0 Å². The average Bonchev–Trinajstić information content (AvgIpc) is 2.38. The fourth-order valence-corrected chi connectivity index (χ4v) is 2.48. The van der Waals surface area contributed by atoms with Crippen molar-refractivity contribution in [2.45, 2.75) is 10.6 Å². The molecule has 0 aromatic heterocycles. The van der Waals surface area contributed by atoms with E-state index < -0.39 is 0 Å². The van der Waals surface area contributed by atoms with Crippen LogP contribution in [0.15, 0.2) is 53.4 Å². The van der Waals surface area contributed by atoms with Gasteiger partial charge >= 0.3 is 0 Å². The molecule has 0 bridgehead atoms. The Hall–Kier alpha value is -1.48. The molecule has 2 aromatic carbocycles. The lowest BCUT2D eigenvalue weighted by Crippen LogP contribution is -1.94. The standard InChI is InChI=1S/C14H13FOS/c1-16-14-9-5-8-13(15)12(14)10-17-11-6-3-2-4-7-11/h2-9H,10H2,1H3. The molecule has 0 amide bonds. The maximum atomic E-state index is 13.6. The summed E-state index contributed by atoms with van der Waals surface area (Å²) in [6.45, 7) is 0. The first kappa shape index (κ1) is 12.0. The molecule has 0 fully saturated rings. The minimum absolute atomic E-state index is 0.215. The van der Waals surface area contributed by atoms with Crippen LogP contribution in [-0.2, 0) is 5.75 Å². The van der Waals surface area contributed by atoms with Crippen LogP contribution in [0, 0.1) is 5.82 Å². The van der Waals surface area contributed by atoms with Crippen molar-refractivity contribution in [3.63, 3.8) is 0 Å². The Morgan fingerprint density at radius 1 is 1.06 bits per heavy atom. The normalized spacial score (nSPS) is 10.2. The second kappa shape index (κ2) is 5.73. The summed E-state index contributed by atoms with van der Waals surface area (Å²) in [5.41, 5.74) is 0.615. The lowest BCUT2D eigenvalue weighted by molar-refractivity contribution is 0.406. The summed E-state index contributed by atoms with van der Waals surface area (Å²) in [5, 5.41) is 0. The second-order valence-corrected chi connectivity index (χ2v) is 4.57. The predicted molar refractivity (Wildman–Crippen MR) is 69.0 cm³/mol. The smallest absolute Gasteiger partial charge is 0.130 e. The second-order valence-electron chi connectivity index (χ2n) is 3.52. The number of halogens is 1. The molecule has 0 saturated heterocycles. The summed E-state index contributed by atoms with van der Waals surface area (Å²) >= 11 is 1.60. The van der Waals surface area contributed by atoms with E-state index in [-0.39, 0.29) is 5.82 Å². The highest BCUT2D eigenvalue weighted by Crippen LogP contribution is 2.29. The molecule has 0 radical (unpaired) electrons. The summed E-state index contributed by atoms with van der Waals surface area (Å²) in [6, 6.07) is 14.8. The minimum Gasteiger partial charge on any atom is -0.496 e. The lowest BCUT2D eigenvalue weighted by Gasteiger charge is -2.09. The summed E-state index contributed by atoms with van der Waals surface area (Å²) in [6.07, 6.45) is 0. The molecule has 1 nitrogen and oxygen atoms in total. The molecule has 2 rings (SSSR count). The van der Waals surface area contributed by atoms with Crippen molar-refractivity contribution in [2.75, 3.05) is 7.11 Å². The Morgan fingerprint density at radius 3 is 2.53 bits per heavy atom. The molecular weight excluding hydrogens is 235 g/mol. The zero-order valence-corrected chi connectivity index (χ0v) is 10.3. The third-order valence-electron chi connectivity index (χ3n) is 2.42. The minimum atomic E-state index is -0.215. The van der Waals surface area contributed by atoms with E-state index in [0.717, 1.165) is 4.90 Å². The van der Waals surface area contributed by atoms with Gasteiger partial charge in [0.25, 0.3) is 0 Å². The Kier molecular flexibility index (Phi) is 4.04. The molecule has 3 heteroatoms. The van der Waals surface area contributed by atoms with Crippen LogP contribution in [-0.4, -0.2) is 7.11 Å². The van der Waals surface area contributed by atoms with E-state index in [4.69, 9.17) is 4.74 Å². The number of benzene rings is 2. The van der Waals surface area contributed by atoms with E-state index in [1.165, 1.54) is 6.07 Å². The Balaban J connectivity index is 2.14. The molecule has 0 aliphatic rings. The van der Waals surface area contributed by atoms with Crippen molar-refractivity contribution in [3.05, 3.63) is 59.9 Å². The zero-order chi connectivity index (χ0) is 12.1. The van der Waals surface area contributed by atoms with Gasteiger partial charge < -0.3 is 4.74 Å². The van der Waals surface area contributed by atoms with Crippen LogP contribution in [0.5, 0.6) is 5.75 Å². The maximum absolute atomic E-state index is 13.6. The van der Waals surface area contributed by atoms with Gasteiger partial charge in [0, 0.05) is 16.2 Å². The molecule has 0 unspecified atom stereocenters. The first-order valence-corrected chi connectivity index (χ1v) is 6.29. The third-order valence-corrected chi connectivity index (χ3v) is 3.46. The van der Waals surface area contributed by atoms with Gasteiger partial charge in [-0.3, -0.25) is 0 Å². The Bertz CT molecular complexity index is 485. The highest BCUT2D eigenvalue weighted by atomic mass is 32.2. The summed E-state index contributed by atoms with van der Waals surface area (Å²) in [4.78, 5) is 1.12. The van der Waals surface area contributed by atoms with Gasteiger partial charge in [-0.25, -0.2) is 4.39 Å². The van der Waals surface area contributed by atoms with Crippen LogP contribution in [0.4, 0.5) is 4.39 Å². The van der Waals surface area contributed by atoms with Crippen molar-refractivity contribution in [1.82, 2.24) is 0 Å². The SMILES string of the molecule is COc1cccc(F)c1CSc1ccccc1. The molecule has 0 spiro atoms. The monoisotopic (exact) mass is 248 g/mol. The van der Waals surface area contributed by atoms with Crippen LogP contribution in [0.2, 0.25) is 0 Å². The topological polar surface area (TPSA) is 9.23 Å². The van der Waals surface area contributed by atoms with Crippen molar-refractivity contribution in [2.24, 2.45) is 0 Å². The third kappa shape index (κ3) is 3.01. The van der Waals surface area contributed by atoms with Gasteiger partial charge in [-0.15, -0.1) is 11.8 Å². The first-order valence-electron chi connectivity index (χ1n) is 5.30. The quantitative estimate of drug-likeness (QED) is 0.752. The van der Waals surface area contributed by atoms with E-state index in [0.29, 0.717) is 17.1 Å². The number of rotatable bonds is 4. The van der Waals surface area contributed by atoms with Crippen LogP contribution in [0.25, 0.3) is 0 Å². The molecule has 0 N–H and O–H groups in total. The van der Waals surface area contributed by atoms with Gasteiger partial charge in [0.05, 0.1) is 7.11 Å². The van der Waals surface area contributed by atoms with Gasteiger partial charge in [0.2, 0.25) is 0 Å². The first-order chi connectivity index (χ1) is 8.31. The molecule has 88 valence electrons. The molecule has 2 aromatic rings. The van der Waals surface area contributed by atoms with E-state index in [2.05, 4.69) is 0 Å². The summed E-state index contributed by atoms with van der Waals surface area (Å²) < 4.78 is 18.8. The number of ether oxygens (including phenoxy) is 1. The van der Waals surface area contributed by atoms with Crippen LogP contribution in [0.3, 0.4) is 0 Å². The van der Waals surface area contributed by atoms with Crippen molar-refractivity contribution in [3.8, 4) is 5.75 Å². The molecule has 17 heavy (non-hydrogen) atoms. The average molecular weight is 248 g/mol. The molecule has 0 aliphatic carbocycles. The fourth-order valence-electron chi connectivity index (χ4n) is 1.54. The number of methoxy groups -OCH3 is 1. The van der Waals surface area contributed by atoms with Crippen LogP contribution in [0.1, 0.15) is 5.56 Å². The molecule has 0 heterocycles. The van der Waals surface area contributed by atoms with Crippen molar-refractivity contribution < 1.29 is 9.13 Å². The van der Waals surface area contributed by atoms with Crippen molar-refractivity contribution >= 4 is 11.8 Å². The van der Waals surface area contributed by atoms with Gasteiger partial charge in [-0.05, 0) is 24.3 Å². The van der Waals surface area contributed by atoms with E-state index in [1.54, 1.807) is 31.0 Å². The summed E-state index contributed by atoms with van der Waals surface area (Å²) in [7, 11) is 1.56. The van der Waals surface area contributed by atoms with E-state index in [9.17, 15) is 4.39 Å². The van der Waals surface area contributed by atoms with Crippen LogP contribution < -0.4 is 4.74 Å². The fraction of sp³-hybridized carbons (Fsp3) is 0.143. The highest BCUT2D eigenvalue weighted by Gasteiger charge is 2.08. The number of hydrogen-bond acceptors (Lipinski definition) is 2. The van der Waals surface area contributed by atoms with E-state index >= 15 is 0 Å². The van der Waals surface area contributed by atoms with Gasteiger partial charge in [0.1, 0.15) is 11.6 Å². The lowest BCUT2D eigenvalue weighted by atomic mass is 10.2. The Morgan fingerprint density at radius 2 is 1.82 bits per heavy atom. The van der Waals surface area contributed by atoms with Gasteiger partial charge in [-0.1, -0.05) is 24.3 Å². The maximum Gasteiger partial charge on any atom is 0.130 e. The molecule has 0 saturated carbocycles. The predicted octanol–water partition coefficient (Wildman–Crippen LogP) is 4.13. The van der Waals surface area contributed by atoms with E-state index in [1.807, 2.05) is 30.3 Å². The van der Waals surface area contributed by atoms with Gasteiger partial charge in [0.15, 0.2) is 0 Å². The molecular formula is C14H13FOS. The molecule has 0 atom stereocenters. The Labute approximate surface area is 105 Å².